The van der Waals surface area contributed by atoms with Crippen molar-refractivity contribution >= 4 is 17.1 Å². The lowest BCUT2D eigenvalue weighted by molar-refractivity contribution is -0.0325. The van der Waals surface area contributed by atoms with Crippen molar-refractivity contribution in [3.63, 3.8) is 0 Å². The number of fused-ring (bicyclic) bond motifs is 1. The molecule has 1 aliphatic heterocycles. The molecular formula is C26H33N3O2. The minimum atomic E-state index is -0.552. The van der Waals surface area contributed by atoms with Crippen LogP contribution in [0.25, 0.3) is 22.2 Å². The van der Waals surface area contributed by atoms with E-state index in [4.69, 9.17) is 9.72 Å². The van der Waals surface area contributed by atoms with Gasteiger partial charge in [0, 0.05) is 6.54 Å². The van der Waals surface area contributed by atoms with Crippen LogP contribution in [0.4, 0.5) is 4.79 Å². The number of imidazole rings is 1. The number of nitrogens with zero attached hydrogens (tertiary/aromatic N) is 2. The number of rotatable bonds is 2. The predicted octanol–water partition coefficient (Wildman–Crippen LogP) is 6.42. The van der Waals surface area contributed by atoms with Crippen molar-refractivity contribution < 1.29 is 9.53 Å². The summed E-state index contributed by atoms with van der Waals surface area (Å²) in [7, 11) is 0. The van der Waals surface area contributed by atoms with Crippen molar-refractivity contribution in [2.75, 3.05) is 6.54 Å². The number of aromatic nitrogens is 2. The van der Waals surface area contributed by atoms with Crippen LogP contribution in [0.5, 0.6) is 0 Å². The summed E-state index contributed by atoms with van der Waals surface area (Å²) in [5, 5.41) is 0. The van der Waals surface area contributed by atoms with Gasteiger partial charge in [-0.05, 0) is 76.6 Å². The van der Waals surface area contributed by atoms with Crippen LogP contribution in [0.15, 0.2) is 42.5 Å². The van der Waals surface area contributed by atoms with Crippen LogP contribution in [-0.4, -0.2) is 33.1 Å². The Balaban J connectivity index is 1.73. The number of aryl methyl sites for hydroxylation is 1. The number of benzene rings is 2. The van der Waals surface area contributed by atoms with Crippen LogP contribution in [0, 0.1) is 12.8 Å². The maximum Gasteiger partial charge on any atom is 0.411 e. The lowest BCUT2D eigenvalue weighted by Crippen LogP contribution is -2.56. The normalized spacial score (nSPS) is 22.0. The Hall–Kier alpha value is -2.82. The zero-order chi connectivity index (χ0) is 22.4. The van der Waals surface area contributed by atoms with Crippen molar-refractivity contribution in [2.45, 2.75) is 65.5 Å². The molecule has 1 amide bonds. The van der Waals surface area contributed by atoms with Gasteiger partial charge in [-0.25, -0.2) is 9.78 Å². The molecule has 1 saturated heterocycles. The van der Waals surface area contributed by atoms with Gasteiger partial charge in [0.1, 0.15) is 17.0 Å². The van der Waals surface area contributed by atoms with Crippen LogP contribution >= 0.6 is 0 Å². The molecule has 2 aromatic carbocycles. The molecule has 5 heteroatoms. The minimum absolute atomic E-state index is 0.255. The molecule has 1 aliphatic rings. The monoisotopic (exact) mass is 419 g/mol. The third kappa shape index (κ3) is 4.06. The Morgan fingerprint density at radius 1 is 1.16 bits per heavy atom. The molecule has 164 valence electrons. The molecule has 0 saturated carbocycles. The summed E-state index contributed by atoms with van der Waals surface area (Å²) in [5.41, 5.74) is 4.38. The SMILES string of the molecule is Cc1ccc(-c2ccc3nc(C4(C)C(C)CCCN4C(=O)OC(C)(C)C)[nH]c3c2)cc1. The number of amides is 1. The molecule has 0 spiro atoms. The van der Waals surface area contributed by atoms with Gasteiger partial charge in [0.2, 0.25) is 0 Å². The molecule has 1 aromatic heterocycles. The number of H-pyrrole nitrogens is 1. The smallest absolute Gasteiger partial charge is 0.411 e. The van der Waals surface area contributed by atoms with E-state index < -0.39 is 11.1 Å². The molecule has 2 atom stereocenters. The highest BCUT2D eigenvalue weighted by atomic mass is 16.6. The molecule has 0 radical (unpaired) electrons. The van der Waals surface area contributed by atoms with E-state index in [1.165, 1.54) is 11.1 Å². The Labute approximate surface area is 184 Å². The summed E-state index contributed by atoms with van der Waals surface area (Å²) < 4.78 is 5.75. The lowest BCUT2D eigenvalue weighted by Gasteiger charge is -2.47. The van der Waals surface area contributed by atoms with E-state index in [0.29, 0.717) is 6.54 Å². The Morgan fingerprint density at radius 3 is 2.52 bits per heavy atom. The molecule has 5 nitrogen and oxygen atoms in total. The van der Waals surface area contributed by atoms with Crippen LogP contribution in [-0.2, 0) is 10.3 Å². The molecule has 2 heterocycles. The average molecular weight is 420 g/mol. The lowest BCUT2D eigenvalue weighted by atomic mass is 9.78. The van der Waals surface area contributed by atoms with Gasteiger partial charge in [0.25, 0.3) is 0 Å². The van der Waals surface area contributed by atoms with E-state index in [9.17, 15) is 4.79 Å². The molecule has 31 heavy (non-hydrogen) atoms. The van der Waals surface area contributed by atoms with Gasteiger partial charge in [-0.1, -0.05) is 42.8 Å². The van der Waals surface area contributed by atoms with Crippen molar-refractivity contribution in [3.8, 4) is 11.1 Å². The van der Waals surface area contributed by atoms with E-state index >= 15 is 0 Å². The zero-order valence-corrected chi connectivity index (χ0v) is 19.5. The first kappa shape index (κ1) is 21.4. The third-order valence-corrected chi connectivity index (χ3v) is 6.50. The fourth-order valence-corrected chi connectivity index (χ4v) is 4.47. The summed E-state index contributed by atoms with van der Waals surface area (Å²) in [6.07, 6.45) is 1.73. The Morgan fingerprint density at radius 2 is 1.84 bits per heavy atom. The zero-order valence-electron chi connectivity index (χ0n) is 19.5. The highest BCUT2D eigenvalue weighted by Crippen LogP contribution is 2.42. The number of hydrogen-bond acceptors (Lipinski definition) is 3. The molecule has 1 N–H and O–H groups in total. The van der Waals surface area contributed by atoms with Gasteiger partial charge in [-0.3, -0.25) is 4.90 Å². The van der Waals surface area contributed by atoms with Gasteiger partial charge >= 0.3 is 6.09 Å². The van der Waals surface area contributed by atoms with Crippen LogP contribution in [0.3, 0.4) is 0 Å². The van der Waals surface area contributed by atoms with Gasteiger partial charge < -0.3 is 9.72 Å². The number of carbonyl (C=O) groups excluding carboxylic acids is 1. The number of aromatic amines is 1. The van der Waals surface area contributed by atoms with E-state index in [0.717, 1.165) is 35.3 Å². The van der Waals surface area contributed by atoms with Crippen LogP contribution in [0.1, 0.15) is 58.8 Å². The van der Waals surface area contributed by atoms with Gasteiger partial charge in [-0.2, -0.15) is 0 Å². The molecule has 1 fully saturated rings. The van der Waals surface area contributed by atoms with E-state index in [1.54, 1.807) is 0 Å². The Kier molecular flexibility index (Phi) is 5.32. The molecule has 3 aromatic rings. The topological polar surface area (TPSA) is 58.2 Å². The number of likely N-dealkylation sites (tertiary alicyclic amines) is 1. The second-order valence-corrected chi connectivity index (χ2v) is 10.0. The molecule has 0 aliphatic carbocycles. The first-order valence-corrected chi connectivity index (χ1v) is 11.2. The highest BCUT2D eigenvalue weighted by molar-refractivity contribution is 5.82. The van der Waals surface area contributed by atoms with Crippen molar-refractivity contribution in [2.24, 2.45) is 5.92 Å². The summed E-state index contributed by atoms with van der Waals surface area (Å²) in [6.45, 7) is 12.8. The van der Waals surface area contributed by atoms with Crippen LogP contribution in [0.2, 0.25) is 0 Å². The fraction of sp³-hybridized carbons (Fsp3) is 0.462. The number of piperidine rings is 1. The standard InChI is InChI=1S/C26H33N3O2/c1-17-9-11-19(12-10-17)20-13-14-21-22(16-20)28-23(27-21)26(6)18(2)8-7-15-29(26)24(30)31-25(3,4)5/h9-14,16,18H,7-8,15H2,1-6H3,(H,27,28). The first-order chi connectivity index (χ1) is 14.6. The molecular weight excluding hydrogens is 386 g/mol. The number of hydrogen-bond donors (Lipinski definition) is 1. The fourth-order valence-electron chi connectivity index (χ4n) is 4.47. The largest absolute Gasteiger partial charge is 0.444 e. The summed E-state index contributed by atoms with van der Waals surface area (Å²) in [6, 6.07) is 14.8. The number of carbonyl (C=O) groups is 1. The van der Waals surface area contributed by atoms with Gasteiger partial charge in [0.15, 0.2) is 0 Å². The van der Waals surface area contributed by atoms with E-state index in [-0.39, 0.29) is 12.0 Å². The predicted molar refractivity (Wildman–Crippen MR) is 125 cm³/mol. The third-order valence-electron chi connectivity index (χ3n) is 6.50. The summed E-state index contributed by atoms with van der Waals surface area (Å²) >= 11 is 0. The first-order valence-electron chi connectivity index (χ1n) is 11.2. The van der Waals surface area contributed by atoms with E-state index in [1.807, 2.05) is 25.7 Å². The minimum Gasteiger partial charge on any atom is -0.444 e. The van der Waals surface area contributed by atoms with Crippen molar-refractivity contribution in [1.82, 2.24) is 14.9 Å². The molecule has 4 rings (SSSR count). The van der Waals surface area contributed by atoms with E-state index in [2.05, 4.69) is 68.2 Å². The number of ether oxygens (including phenoxy) is 1. The second-order valence-electron chi connectivity index (χ2n) is 10.0. The molecule has 0 bridgehead atoms. The quantitative estimate of drug-likeness (QED) is 0.521. The summed E-state index contributed by atoms with van der Waals surface area (Å²) in [4.78, 5) is 23.4. The van der Waals surface area contributed by atoms with Gasteiger partial charge in [-0.15, -0.1) is 0 Å². The number of nitrogens with one attached hydrogen (secondary N) is 1. The van der Waals surface area contributed by atoms with Gasteiger partial charge in [0.05, 0.1) is 11.0 Å². The highest BCUT2D eigenvalue weighted by Gasteiger charge is 2.47. The van der Waals surface area contributed by atoms with Crippen molar-refractivity contribution in [1.29, 1.82) is 0 Å². The van der Waals surface area contributed by atoms with Crippen molar-refractivity contribution in [3.05, 3.63) is 53.9 Å². The summed E-state index contributed by atoms with van der Waals surface area (Å²) in [5.74, 6) is 1.08. The maximum atomic E-state index is 13.1. The molecule has 2 unspecified atom stereocenters. The Bertz CT molecular complexity index is 1090. The average Bonchev–Trinajstić information content (AvgIpc) is 3.13. The van der Waals surface area contributed by atoms with Crippen LogP contribution < -0.4 is 0 Å². The second kappa shape index (κ2) is 7.70. The maximum absolute atomic E-state index is 13.1.